The molecular weight excluding hydrogens is 343 g/mol. The monoisotopic (exact) mass is 354 g/mol. The Morgan fingerprint density at radius 3 is 2.73 bits per heavy atom. The molecule has 1 aliphatic rings. The Morgan fingerprint density at radius 1 is 1.45 bits per heavy atom. The highest BCUT2D eigenvalue weighted by Gasteiger charge is 2.25. The summed E-state index contributed by atoms with van der Waals surface area (Å²) in [5.74, 6) is -1.09. The smallest absolute Gasteiger partial charge is 0.296 e. The average molecular weight is 355 g/mol. The number of nitrogens with one attached hydrogen (secondary N) is 1. The highest BCUT2D eigenvalue weighted by atomic mass is 35.7. The van der Waals surface area contributed by atoms with Crippen molar-refractivity contribution in [2.75, 3.05) is 31.7 Å². The van der Waals surface area contributed by atoms with Gasteiger partial charge in [-0.15, -0.1) is 0 Å². The van der Waals surface area contributed by atoms with Crippen molar-refractivity contribution in [2.45, 2.75) is 11.0 Å². The van der Waals surface area contributed by atoms with Crippen molar-refractivity contribution in [3.8, 4) is 0 Å². The van der Waals surface area contributed by atoms with E-state index < -0.39 is 36.1 Å². The summed E-state index contributed by atoms with van der Waals surface area (Å²) in [4.78, 5) is 9.44. The van der Waals surface area contributed by atoms with Crippen LogP contribution in [0, 0.1) is 15.9 Å². The first-order valence-corrected chi connectivity index (χ1v) is 8.46. The number of nitrogens with zero attached hydrogens (tertiary/aromatic N) is 1. The summed E-state index contributed by atoms with van der Waals surface area (Å²) in [7, 11) is 0.806. The second kappa shape index (κ2) is 6.73. The van der Waals surface area contributed by atoms with Gasteiger partial charge in [-0.05, 0) is 6.07 Å². The van der Waals surface area contributed by atoms with Gasteiger partial charge in [0, 0.05) is 23.3 Å². The molecule has 0 amide bonds. The fourth-order valence-corrected chi connectivity index (χ4v) is 2.66. The van der Waals surface area contributed by atoms with Crippen LogP contribution in [-0.2, 0) is 18.5 Å². The quantitative estimate of drug-likeness (QED) is 0.484. The molecule has 22 heavy (non-hydrogen) atoms. The zero-order valence-electron chi connectivity index (χ0n) is 11.1. The first kappa shape index (κ1) is 16.9. The van der Waals surface area contributed by atoms with E-state index in [-0.39, 0.29) is 19.3 Å². The lowest BCUT2D eigenvalue weighted by molar-refractivity contribution is -0.384. The van der Waals surface area contributed by atoms with Crippen LogP contribution in [-0.4, -0.2) is 45.8 Å². The molecule has 1 saturated heterocycles. The van der Waals surface area contributed by atoms with E-state index in [1.165, 1.54) is 0 Å². The van der Waals surface area contributed by atoms with E-state index in [0.29, 0.717) is 25.3 Å². The number of hydrogen-bond acceptors (Lipinski definition) is 7. The van der Waals surface area contributed by atoms with Crippen molar-refractivity contribution in [3.05, 3.63) is 28.1 Å². The molecule has 2 rings (SSSR count). The predicted molar refractivity (Wildman–Crippen MR) is 75.1 cm³/mol. The SMILES string of the molecule is O=[N+]([O-])c1cc(S(=O)(=O)Cl)cc(F)c1NC[C@H]1COCCO1. The minimum Gasteiger partial charge on any atom is -0.376 e. The summed E-state index contributed by atoms with van der Waals surface area (Å²) in [6, 6.07) is 1.32. The second-order valence-corrected chi connectivity index (χ2v) is 7.01. The Kier molecular flexibility index (Phi) is 5.16. The van der Waals surface area contributed by atoms with Crippen LogP contribution in [0.5, 0.6) is 0 Å². The van der Waals surface area contributed by atoms with E-state index in [2.05, 4.69) is 5.32 Å². The summed E-state index contributed by atoms with van der Waals surface area (Å²) in [6.07, 6.45) is -0.385. The molecule has 1 aliphatic heterocycles. The molecule has 0 bridgehead atoms. The van der Waals surface area contributed by atoms with E-state index in [0.717, 1.165) is 0 Å². The van der Waals surface area contributed by atoms with Crippen molar-refractivity contribution in [2.24, 2.45) is 0 Å². The van der Waals surface area contributed by atoms with Gasteiger partial charge in [0.25, 0.3) is 14.7 Å². The maximum absolute atomic E-state index is 14.0. The van der Waals surface area contributed by atoms with Crippen molar-refractivity contribution >= 4 is 31.1 Å². The summed E-state index contributed by atoms with van der Waals surface area (Å²) in [6.45, 7) is 1.18. The first-order chi connectivity index (χ1) is 10.3. The number of ether oxygens (including phenoxy) is 2. The molecule has 0 aromatic heterocycles. The van der Waals surface area contributed by atoms with Crippen LogP contribution in [0.15, 0.2) is 17.0 Å². The lowest BCUT2D eigenvalue weighted by atomic mass is 10.2. The third-order valence-corrected chi connectivity index (χ3v) is 4.25. The van der Waals surface area contributed by atoms with Gasteiger partial charge in [0.1, 0.15) is 5.69 Å². The molecule has 1 N–H and O–H groups in total. The third-order valence-electron chi connectivity index (χ3n) is 2.91. The third kappa shape index (κ3) is 4.03. The first-order valence-electron chi connectivity index (χ1n) is 6.15. The number of nitro groups is 1. The van der Waals surface area contributed by atoms with Crippen LogP contribution in [0.2, 0.25) is 0 Å². The Morgan fingerprint density at radius 2 is 2.18 bits per heavy atom. The molecule has 0 saturated carbocycles. The van der Waals surface area contributed by atoms with Gasteiger partial charge in [-0.1, -0.05) is 0 Å². The van der Waals surface area contributed by atoms with Crippen LogP contribution in [0.4, 0.5) is 15.8 Å². The number of nitro benzene ring substituents is 1. The number of halogens is 2. The summed E-state index contributed by atoms with van der Waals surface area (Å²) in [5, 5.41) is 13.6. The van der Waals surface area contributed by atoms with Gasteiger partial charge in [-0.3, -0.25) is 10.1 Å². The van der Waals surface area contributed by atoms with Gasteiger partial charge in [0.05, 0.1) is 35.7 Å². The minimum absolute atomic E-state index is 0.0741. The molecule has 122 valence electrons. The van der Waals surface area contributed by atoms with Crippen molar-refractivity contribution in [3.63, 3.8) is 0 Å². The topological polar surface area (TPSA) is 108 Å². The average Bonchev–Trinajstić information content (AvgIpc) is 2.45. The fourth-order valence-electron chi connectivity index (χ4n) is 1.90. The van der Waals surface area contributed by atoms with E-state index >= 15 is 0 Å². The largest absolute Gasteiger partial charge is 0.376 e. The standard InChI is InChI=1S/C11H12ClFN2O6S/c12-22(18,19)8-3-9(13)11(10(4-8)15(16)17)14-5-7-6-20-1-2-21-7/h3-4,7,14H,1-2,5-6H2/t7-/m0/s1. The number of rotatable bonds is 5. The van der Waals surface area contributed by atoms with Gasteiger partial charge in [-0.2, -0.15) is 0 Å². The highest BCUT2D eigenvalue weighted by molar-refractivity contribution is 8.13. The number of anilines is 1. The molecule has 1 aromatic rings. The molecule has 1 atom stereocenters. The Hall–Kier alpha value is -1.49. The molecule has 1 aromatic carbocycles. The van der Waals surface area contributed by atoms with Crippen molar-refractivity contribution < 1.29 is 27.2 Å². The van der Waals surface area contributed by atoms with Crippen LogP contribution in [0.25, 0.3) is 0 Å². The Balaban J connectivity index is 2.27. The zero-order valence-corrected chi connectivity index (χ0v) is 12.7. The molecule has 0 spiro atoms. The Labute approximate surface area is 129 Å². The summed E-state index contributed by atoms with van der Waals surface area (Å²) < 4.78 is 46.9. The van der Waals surface area contributed by atoms with Crippen LogP contribution >= 0.6 is 10.7 Å². The van der Waals surface area contributed by atoms with E-state index in [1.807, 2.05) is 0 Å². The molecule has 11 heteroatoms. The van der Waals surface area contributed by atoms with E-state index in [4.69, 9.17) is 20.2 Å². The molecular formula is C11H12ClFN2O6S. The molecule has 0 aliphatic carbocycles. The van der Waals surface area contributed by atoms with Gasteiger partial charge < -0.3 is 14.8 Å². The molecule has 0 radical (unpaired) electrons. The zero-order chi connectivity index (χ0) is 16.3. The summed E-state index contributed by atoms with van der Waals surface area (Å²) >= 11 is 0. The van der Waals surface area contributed by atoms with E-state index in [1.54, 1.807) is 0 Å². The van der Waals surface area contributed by atoms with Gasteiger partial charge in [0.2, 0.25) is 0 Å². The van der Waals surface area contributed by atoms with Gasteiger partial charge >= 0.3 is 0 Å². The maximum atomic E-state index is 14.0. The normalized spacial score (nSPS) is 18.9. The number of hydrogen-bond donors (Lipinski definition) is 1. The molecule has 1 heterocycles. The number of benzene rings is 1. The molecule has 8 nitrogen and oxygen atoms in total. The fraction of sp³-hybridized carbons (Fsp3) is 0.455. The second-order valence-electron chi connectivity index (χ2n) is 4.44. The van der Waals surface area contributed by atoms with Crippen LogP contribution in [0.3, 0.4) is 0 Å². The summed E-state index contributed by atoms with van der Waals surface area (Å²) in [5.41, 5.74) is -1.15. The lowest BCUT2D eigenvalue weighted by Gasteiger charge is -2.23. The van der Waals surface area contributed by atoms with Crippen LogP contribution < -0.4 is 5.32 Å². The maximum Gasteiger partial charge on any atom is 0.296 e. The van der Waals surface area contributed by atoms with E-state index in [9.17, 15) is 22.9 Å². The predicted octanol–water partition coefficient (Wildman–Crippen LogP) is 1.49. The lowest BCUT2D eigenvalue weighted by Crippen LogP contribution is -2.34. The van der Waals surface area contributed by atoms with Crippen molar-refractivity contribution in [1.82, 2.24) is 0 Å². The highest BCUT2D eigenvalue weighted by Crippen LogP contribution is 2.32. The van der Waals surface area contributed by atoms with Gasteiger partial charge in [0.15, 0.2) is 5.82 Å². The van der Waals surface area contributed by atoms with Crippen LogP contribution in [0.1, 0.15) is 0 Å². The minimum atomic E-state index is -4.28. The van der Waals surface area contributed by atoms with Gasteiger partial charge in [-0.25, -0.2) is 12.8 Å². The molecule has 1 fully saturated rings. The molecule has 0 unspecified atom stereocenters. The van der Waals surface area contributed by atoms with Crippen molar-refractivity contribution in [1.29, 1.82) is 0 Å². The Bertz CT molecular complexity index is 677.